The number of benzene rings is 5. The van der Waals surface area contributed by atoms with Crippen LogP contribution in [0.1, 0.15) is 62.5 Å². The van der Waals surface area contributed by atoms with E-state index in [2.05, 4.69) is 146 Å². The van der Waals surface area contributed by atoms with Crippen molar-refractivity contribution in [1.82, 2.24) is 0 Å². The first kappa shape index (κ1) is 31.4. The molecule has 220 valence electrons. The maximum atomic E-state index is 2.40. The van der Waals surface area contributed by atoms with Crippen LogP contribution in [0.5, 0.6) is 0 Å². The van der Waals surface area contributed by atoms with Crippen LogP contribution in [0.4, 0.5) is 0 Å². The molecule has 0 spiro atoms. The van der Waals surface area contributed by atoms with Crippen molar-refractivity contribution in [2.24, 2.45) is 5.92 Å². The minimum atomic E-state index is -1.76. The molecule has 0 bridgehead atoms. The van der Waals surface area contributed by atoms with Crippen molar-refractivity contribution in [3.05, 3.63) is 151 Å². The smallest absolute Gasteiger partial charge is 0.112 e. The number of hydrogen-bond acceptors (Lipinski definition) is 0. The summed E-state index contributed by atoms with van der Waals surface area (Å²) >= 11 is 0. The van der Waals surface area contributed by atoms with Crippen molar-refractivity contribution in [2.75, 3.05) is 6.16 Å². The SMILES string of the molecule is CCCCc1ccc(-c2ccc(C3CCC(C[P+](c4ccccc4)(c4ccccc4)c4ccccc4)CC3)cc2)cc1.[Br-]. The minimum Gasteiger partial charge on any atom is -1.00 e. The Bertz CT molecular complexity index is 1410. The number of hydrogen-bond donors (Lipinski definition) is 0. The third-order valence-corrected chi connectivity index (χ3v) is 14.1. The molecule has 6 rings (SSSR count). The zero-order valence-electron chi connectivity index (χ0n) is 25.4. The van der Waals surface area contributed by atoms with Gasteiger partial charge in [0.25, 0.3) is 0 Å². The van der Waals surface area contributed by atoms with Gasteiger partial charge in [0, 0.05) is 0 Å². The second kappa shape index (κ2) is 15.1. The predicted molar refractivity (Wildman–Crippen MR) is 185 cm³/mol. The number of aryl methyl sites for hydroxylation is 1. The van der Waals surface area contributed by atoms with E-state index in [9.17, 15) is 0 Å². The molecule has 0 amide bonds. The van der Waals surface area contributed by atoms with Crippen molar-refractivity contribution in [2.45, 2.75) is 57.8 Å². The Balaban J connectivity index is 0.00000368. The van der Waals surface area contributed by atoms with Crippen molar-refractivity contribution in [1.29, 1.82) is 0 Å². The summed E-state index contributed by atoms with van der Waals surface area (Å²) in [6.45, 7) is 2.26. The maximum Gasteiger partial charge on any atom is 0.112 e. The Morgan fingerprint density at radius 2 is 0.977 bits per heavy atom. The summed E-state index contributed by atoms with van der Waals surface area (Å²) in [5, 5.41) is 4.54. The molecule has 1 fully saturated rings. The topological polar surface area (TPSA) is 0 Å². The molecule has 2 heteroatoms. The van der Waals surface area contributed by atoms with Crippen LogP contribution in [0.2, 0.25) is 0 Å². The molecule has 0 atom stereocenters. The molecular formula is C41H44BrP. The molecule has 0 aromatic heterocycles. The number of rotatable bonds is 10. The summed E-state index contributed by atoms with van der Waals surface area (Å²) in [5.74, 6) is 1.41. The van der Waals surface area contributed by atoms with Crippen LogP contribution in [-0.4, -0.2) is 6.16 Å². The van der Waals surface area contributed by atoms with Gasteiger partial charge in [0.15, 0.2) is 0 Å². The normalized spacial score (nSPS) is 16.8. The van der Waals surface area contributed by atoms with Gasteiger partial charge in [-0.2, -0.15) is 0 Å². The average molecular weight is 648 g/mol. The molecule has 0 radical (unpaired) electrons. The first-order chi connectivity index (χ1) is 20.8. The largest absolute Gasteiger partial charge is 1.00 e. The van der Waals surface area contributed by atoms with E-state index in [1.807, 2.05) is 0 Å². The van der Waals surface area contributed by atoms with E-state index in [4.69, 9.17) is 0 Å². The quantitative estimate of drug-likeness (QED) is 0.144. The minimum absolute atomic E-state index is 0. The van der Waals surface area contributed by atoms with E-state index in [0.29, 0.717) is 5.92 Å². The van der Waals surface area contributed by atoms with Gasteiger partial charge < -0.3 is 17.0 Å². The van der Waals surface area contributed by atoms with Gasteiger partial charge in [-0.25, -0.2) is 0 Å². The van der Waals surface area contributed by atoms with E-state index < -0.39 is 7.26 Å². The lowest BCUT2D eigenvalue weighted by molar-refractivity contribution is -0.00000829. The van der Waals surface area contributed by atoms with Crippen molar-refractivity contribution >= 4 is 23.2 Å². The highest BCUT2D eigenvalue weighted by Gasteiger charge is 2.47. The van der Waals surface area contributed by atoms with Gasteiger partial charge in [0.2, 0.25) is 0 Å². The predicted octanol–water partition coefficient (Wildman–Crippen LogP) is 6.97. The van der Waals surface area contributed by atoms with Gasteiger partial charge in [0.05, 0.1) is 6.16 Å². The van der Waals surface area contributed by atoms with E-state index in [1.54, 1.807) is 0 Å². The number of unbranched alkanes of at least 4 members (excludes halogenated alkanes) is 1. The maximum absolute atomic E-state index is 2.40. The van der Waals surface area contributed by atoms with Gasteiger partial charge >= 0.3 is 0 Å². The highest BCUT2D eigenvalue weighted by Crippen LogP contribution is 2.58. The lowest BCUT2D eigenvalue weighted by atomic mass is 9.79. The Kier molecular flexibility index (Phi) is 11.1. The zero-order chi connectivity index (χ0) is 28.6. The first-order valence-corrected chi connectivity index (χ1v) is 18.0. The standard InChI is InChI=1S/C41H44P.BrH/c1-2-3-13-33-20-24-35(25-21-33)37-28-30-38(31-29-37)36-26-22-34(23-27-36)32-42(39-14-7-4-8-15-39,40-16-9-5-10-17-40)41-18-11-6-12-19-41;/h4-12,14-21,24-25,28-31,34,36H,2-3,13,22-23,26-27,32H2,1H3;1H/q+1;/p-1. The summed E-state index contributed by atoms with van der Waals surface area (Å²) < 4.78 is 0. The lowest BCUT2D eigenvalue weighted by Crippen LogP contribution is -3.00. The fraction of sp³-hybridized carbons (Fsp3) is 0.268. The Morgan fingerprint density at radius 3 is 1.42 bits per heavy atom. The van der Waals surface area contributed by atoms with E-state index in [-0.39, 0.29) is 17.0 Å². The van der Waals surface area contributed by atoms with Crippen LogP contribution < -0.4 is 32.9 Å². The molecule has 1 aliphatic rings. The lowest BCUT2D eigenvalue weighted by Gasteiger charge is -2.34. The summed E-state index contributed by atoms with van der Waals surface area (Å²) in [4.78, 5) is 0. The third-order valence-electron chi connectivity index (χ3n) is 9.46. The van der Waals surface area contributed by atoms with Gasteiger partial charge in [0.1, 0.15) is 23.2 Å². The molecule has 0 N–H and O–H groups in total. The molecular weight excluding hydrogens is 603 g/mol. The molecule has 5 aromatic rings. The second-order valence-corrected chi connectivity index (χ2v) is 15.7. The van der Waals surface area contributed by atoms with E-state index in [1.165, 1.54) is 89.3 Å². The van der Waals surface area contributed by atoms with E-state index >= 15 is 0 Å². The molecule has 0 unspecified atom stereocenters. The summed E-state index contributed by atoms with van der Waals surface area (Å²) in [7, 11) is -1.76. The van der Waals surface area contributed by atoms with Crippen LogP contribution in [0, 0.1) is 5.92 Å². The van der Waals surface area contributed by atoms with Crippen LogP contribution in [0.25, 0.3) is 11.1 Å². The molecule has 5 aromatic carbocycles. The number of halogens is 1. The molecule has 0 heterocycles. The molecule has 0 saturated heterocycles. The van der Waals surface area contributed by atoms with Gasteiger partial charge in [-0.15, -0.1) is 0 Å². The molecule has 1 saturated carbocycles. The molecule has 0 nitrogen and oxygen atoms in total. The van der Waals surface area contributed by atoms with Crippen LogP contribution in [0.15, 0.2) is 140 Å². The Morgan fingerprint density at radius 1 is 0.535 bits per heavy atom. The van der Waals surface area contributed by atoms with Crippen molar-refractivity contribution in [3.63, 3.8) is 0 Å². The Hall–Kier alpha value is -2.99. The molecule has 0 aliphatic heterocycles. The van der Waals surface area contributed by atoms with Gasteiger partial charge in [-0.05, 0) is 109 Å². The van der Waals surface area contributed by atoms with Gasteiger partial charge in [-0.1, -0.05) is 116 Å². The first-order valence-electron chi connectivity index (χ1n) is 16.0. The molecule has 43 heavy (non-hydrogen) atoms. The van der Waals surface area contributed by atoms with Gasteiger partial charge in [-0.3, -0.25) is 0 Å². The monoisotopic (exact) mass is 646 g/mol. The summed E-state index contributed by atoms with van der Waals surface area (Å²) in [6.07, 6.45) is 10.1. The summed E-state index contributed by atoms with van der Waals surface area (Å²) in [6, 6.07) is 52.9. The van der Waals surface area contributed by atoms with E-state index in [0.717, 1.165) is 5.92 Å². The average Bonchev–Trinajstić information content (AvgIpc) is 3.08. The van der Waals surface area contributed by atoms with Crippen LogP contribution in [-0.2, 0) is 6.42 Å². The second-order valence-electron chi connectivity index (χ2n) is 12.1. The van der Waals surface area contributed by atoms with Crippen molar-refractivity contribution in [3.8, 4) is 11.1 Å². The fourth-order valence-corrected chi connectivity index (χ4v) is 11.8. The highest BCUT2D eigenvalue weighted by atomic mass is 79.9. The highest BCUT2D eigenvalue weighted by molar-refractivity contribution is 7.95. The summed E-state index contributed by atoms with van der Waals surface area (Å²) in [5.41, 5.74) is 5.63. The Labute approximate surface area is 270 Å². The van der Waals surface area contributed by atoms with Crippen LogP contribution >= 0.6 is 7.26 Å². The van der Waals surface area contributed by atoms with Crippen molar-refractivity contribution < 1.29 is 17.0 Å². The molecule has 1 aliphatic carbocycles. The zero-order valence-corrected chi connectivity index (χ0v) is 27.9. The third kappa shape index (κ3) is 7.22. The fourth-order valence-electron chi connectivity index (χ4n) is 7.07. The van der Waals surface area contributed by atoms with Crippen LogP contribution in [0.3, 0.4) is 0 Å².